The lowest BCUT2D eigenvalue weighted by Gasteiger charge is -2.32. The van der Waals surface area contributed by atoms with Gasteiger partial charge in [-0.05, 0) is 63.6 Å². The number of piperidine rings is 1. The minimum atomic E-state index is -0.198. The highest BCUT2D eigenvalue weighted by Gasteiger charge is 2.27. The summed E-state index contributed by atoms with van der Waals surface area (Å²) in [5.41, 5.74) is 4.18. The fourth-order valence-corrected chi connectivity index (χ4v) is 4.91. The smallest absolute Gasteiger partial charge is 0.255 e. The molecule has 1 aliphatic heterocycles. The van der Waals surface area contributed by atoms with Crippen molar-refractivity contribution in [3.63, 3.8) is 0 Å². The average molecular weight is 504 g/mol. The molecule has 194 valence electrons. The molecule has 0 unspecified atom stereocenters. The Morgan fingerprint density at radius 3 is 2.57 bits per heavy atom. The number of carbonyl (C=O) groups excluding carboxylic acids is 3. The zero-order valence-corrected chi connectivity index (χ0v) is 21.6. The van der Waals surface area contributed by atoms with Crippen LogP contribution in [0.5, 0.6) is 5.75 Å². The molecule has 2 fully saturated rings. The van der Waals surface area contributed by atoms with Crippen LogP contribution >= 0.6 is 0 Å². The molecule has 9 heteroatoms. The van der Waals surface area contributed by atoms with E-state index in [0.717, 1.165) is 12.8 Å². The molecule has 2 amide bonds. The fourth-order valence-electron chi connectivity index (χ4n) is 4.91. The van der Waals surface area contributed by atoms with E-state index in [-0.39, 0.29) is 23.6 Å². The second-order valence-electron chi connectivity index (χ2n) is 10.1. The Morgan fingerprint density at radius 2 is 1.89 bits per heavy atom. The number of amides is 2. The van der Waals surface area contributed by atoms with Gasteiger partial charge in [-0.15, -0.1) is 0 Å². The quantitative estimate of drug-likeness (QED) is 0.448. The van der Waals surface area contributed by atoms with E-state index in [4.69, 9.17) is 4.74 Å². The highest BCUT2D eigenvalue weighted by molar-refractivity contribution is 6.09. The Morgan fingerprint density at radius 1 is 1.14 bits per heavy atom. The Hall–Kier alpha value is -3.75. The van der Waals surface area contributed by atoms with Gasteiger partial charge in [0.2, 0.25) is 5.91 Å². The van der Waals surface area contributed by atoms with Gasteiger partial charge in [-0.3, -0.25) is 14.4 Å². The van der Waals surface area contributed by atoms with E-state index in [1.165, 1.54) is 26.1 Å². The first-order chi connectivity index (χ1) is 17.9. The van der Waals surface area contributed by atoms with Crippen molar-refractivity contribution in [1.29, 1.82) is 0 Å². The first-order valence-corrected chi connectivity index (χ1v) is 13.1. The molecule has 0 spiro atoms. The van der Waals surface area contributed by atoms with Crippen molar-refractivity contribution in [2.24, 2.45) is 5.92 Å². The Bertz CT molecular complexity index is 1350. The summed E-state index contributed by atoms with van der Waals surface area (Å²) in [6, 6.07) is 5.38. The molecule has 2 N–H and O–H groups in total. The molecule has 1 aromatic carbocycles. The number of fused-ring (bicyclic) bond motifs is 1. The van der Waals surface area contributed by atoms with E-state index < -0.39 is 0 Å². The minimum absolute atomic E-state index is 0.00580. The predicted molar refractivity (Wildman–Crippen MR) is 140 cm³/mol. The van der Waals surface area contributed by atoms with E-state index in [2.05, 4.69) is 20.3 Å². The van der Waals surface area contributed by atoms with Crippen LogP contribution in [0, 0.1) is 12.8 Å². The lowest BCUT2D eigenvalue weighted by molar-refractivity contribution is -0.131. The fraction of sp³-hybridized carbons (Fsp3) is 0.464. The molecule has 9 nitrogen and oxygen atoms in total. The number of ketones is 1. The standard InChI is InChI=1S/C28H33N5O4/c1-4-23(35)33-11-9-20(10-12-33)32-28(36)24-16(2)31-27-25(29-15-30-26(24)27)21-13-19(17(3)34)7-8-22(21)37-14-18-5-6-18/h7-8,13,15,18,20,31H,4-6,9-12,14H2,1-3H3,(H,32,36). The number of H-pyrrole nitrogens is 1. The summed E-state index contributed by atoms with van der Waals surface area (Å²) < 4.78 is 6.12. The van der Waals surface area contributed by atoms with E-state index in [1.54, 1.807) is 12.1 Å². The zero-order valence-electron chi connectivity index (χ0n) is 21.6. The number of benzene rings is 1. The van der Waals surface area contributed by atoms with Gasteiger partial charge in [-0.2, -0.15) is 0 Å². The van der Waals surface area contributed by atoms with Gasteiger partial charge in [0.05, 0.1) is 17.7 Å². The van der Waals surface area contributed by atoms with Gasteiger partial charge < -0.3 is 19.9 Å². The molecule has 0 atom stereocenters. The minimum Gasteiger partial charge on any atom is -0.493 e. The summed E-state index contributed by atoms with van der Waals surface area (Å²) in [6.45, 7) is 7.16. The largest absolute Gasteiger partial charge is 0.493 e. The van der Waals surface area contributed by atoms with Gasteiger partial charge in [0, 0.05) is 42.4 Å². The number of hydrogen-bond donors (Lipinski definition) is 2. The van der Waals surface area contributed by atoms with E-state index in [9.17, 15) is 14.4 Å². The number of nitrogens with zero attached hydrogens (tertiary/aromatic N) is 3. The molecular weight excluding hydrogens is 470 g/mol. The molecule has 1 saturated heterocycles. The third kappa shape index (κ3) is 5.21. The molecule has 0 radical (unpaired) electrons. The van der Waals surface area contributed by atoms with E-state index in [1.807, 2.05) is 24.8 Å². The number of hydrogen-bond acceptors (Lipinski definition) is 6. The highest BCUT2D eigenvalue weighted by Crippen LogP contribution is 2.37. The third-order valence-corrected chi connectivity index (χ3v) is 7.30. The van der Waals surface area contributed by atoms with Gasteiger partial charge >= 0.3 is 0 Å². The van der Waals surface area contributed by atoms with Crippen LogP contribution in [-0.4, -0.2) is 63.2 Å². The van der Waals surface area contributed by atoms with Gasteiger partial charge in [0.15, 0.2) is 5.78 Å². The lowest BCUT2D eigenvalue weighted by Crippen LogP contribution is -2.46. The molecular formula is C28H33N5O4. The van der Waals surface area contributed by atoms with Crippen LogP contribution in [0.25, 0.3) is 22.3 Å². The van der Waals surface area contributed by atoms with Crippen molar-refractivity contribution >= 4 is 28.6 Å². The van der Waals surface area contributed by atoms with E-state index in [0.29, 0.717) is 76.9 Å². The van der Waals surface area contributed by atoms with Crippen molar-refractivity contribution in [3.8, 4) is 17.0 Å². The summed E-state index contributed by atoms with van der Waals surface area (Å²) >= 11 is 0. The first kappa shape index (κ1) is 24.9. The summed E-state index contributed by atoms with van der Waals surface area (Å²) in [6.07, 6.45) is 5.72. The third-order valence-electron chi connectivity index (χ3n) is 7.30. The van der Waals surface area contributed by atoms with Crippen molar-refractivity contribution in [2.45, 2.75) is 58.9 Å². The zero-order chi connectivity index (χ0) is 26.1. The van der Waals surface area contributed by atoms with Crippen molar-refractivity contribution in [2.75, 3.05) is 19.7 Å². The molecule has 1 aliphatic carbocycles. The highest BCUT2D eigenvalue weighted by atomic mass is 16.5. The Balaban J connectivity index is 1.44. The SMILES string of the molecule is CCC(=O)N1CCC(NC(=O)c2c(C)[nH]c3c(-c4cc(C(C)=O)ccc4OCC4CC4)ncnc23)CC1. The molecule has 3 heterocycles. The first-order valence-electron chi connectivity index (χ1n) is 13.1. The summed E-state index contributed by atoms with van der Waals surface area (Å²) in [4.78, 5) is 51.7. The number of Topliss-reactive ketones (excluding diaryl/α,β-unsaturated/α-hetero) is 1. The number of nitrogens with one attached hydrogen (secondary N) is 2. The van der Waals surface area contributed by atoms with Crippen molar-refractivity contribution in [1.82, 2.24) is 25.2 Å². The van der Waals surface area contributed by atoms with Gasteiger partial charge in [0.1, 0.15) is 23.3 Å². The normalized spacial score (nSPS) is 16.1. The van der Waals surface area contributed by atoms with Crippen LogP contribution < -0.4 is 10.1 Å². The van der Waals surface area contributed by atoms with E-state index >= 15 is 0 Å². The number of aromatic nitrogens is 3. The monoisotopic (exact) mass is 503 g/mol. The van der Waals surface area contributed by atoms with Gasteiger partial charge in [-0.1, -0.05) is 6.92 Å². The number of ether oxygens (including phenoxy) is 1. The number of aryl methyl sites for hydroxylation is 1. The maximum atomic E-state index is 13.4. The average Bonchev–Trinajstić information content (AvgIpc) is 3.66. The van der Waals surface area contributed by atoms with Crippen LogP contribution in [0.2, 0.25) is 0 Å². The van der Waals surface area contributed by atoms with Crippen LogP contribution in [0.4, 0.5) is 0 Å². The summed E-state index contributed by atoms with van der Waals surface area (Å²) in [7, 11) is 0. The number of carbonyl (C=O) groups is 3. The van der Waals surface area contributed by atoms with Crippen LogP contribution in [0.3, 0.4) is 0 Å². The second-order valence-corrected chi connectivity index (χ2v) is 10.1. The maximum absolute atomic E-state index is 13.4. The Labute approximate surface area is 216 Å². The second kappa shape index (κ2) is 10.3. The van der Waals surface area contributed by atoms with Crippen molar-refractivity contribution in [3.05, 3.63) is 41.3 Å². The topological polar surface area (TPSA) is 117 Å². The van der Waals surface area contributed by atoms with Crippen molar-refractivity contribution < 1.29 is 19.1 Å². The number of aromatic amines is 1. The molecule has 2 aromatic heterocycles. The van der Waals surface area contributed by atoms with Crippen LogP contribution in [-0.2, 0) is 4.79 Å². The molecule has 5 rings (SSSR count). The summed E-state index contributed by atoms with van der Waals surface area (Å²) in [5.74, 6) is 1.13. The molecule has 2 aliphatic rings. The maximum Gasteiger partial charge on any atom is 0.255 e. The molecule has 37 heavy (non-hydrogen) atoms. The summed E-state index contributed by atoms with van der Waals surface area (Å²) in [5, 5.41) is 3.14. The Kier molecular flexibility index (Phi) is 6.95. The lowest BCUT2D eigenvalue weighted by atomic mass is 10.0. The van der Waals surface area contributed by atoms with Gasteiger partial charge in [0.25, 0.3) is 5.91 Å². The number of rotatable bonds is 8. The molecule has 1 saturated carbocycles. The molecule has 0 bridgehead atoms. The molecule has 3 aromatic rings. The predicted octanol–water partition coefficient (Wildman–Crippen LogP) is 4.06. The van der Waals surface area contributed by atoms with Crippen LogP contribution in [0.1, 0.15) is 72.4 Å². The van der Waals surface area contributed by atoms with Crippen LogP contribution in [0.15, 0.2) is 24.5 Å². The number of likely N-dealkylation sites (tertiary alicyclic amines) is 1. The van der Waals surface area contributed by atoms with Gasteiger partial charge in [-0.25, -0.2) is 9.97 Å².